The number of rotatable bonds is 6. The van der Waals surface area contributed by atoms with Crippen molar-refractivity contribution in [3.8, 4) is 0 Å². The molecule has 9 heteroatoms. The second kappa shape index (κ2) is 11.6. The van der Waals surface area contributed by atoms with Crippen LogP contribution in [0.4, 0.5) is 13.2 Å². The van der Waals surface area contributed by atoms with Crippen molar-refractivity contribution in [1.82, 2.24) is 10.6 Å². The summed E-state index contributed by atoms with van der Waals surface area (Å²) >= 11 is 0. The Bertz CT molecular complexity index is 807. The molecule has 0 aromatic heterocycles. The van der Waals surface area contributed by atoms with Crippen LogP contribution < -0.4 is 10.6 Å². The summed E-state index contributed by atoms with van der Waals surface area (Å²) in [6.45, 7) is 1.02. The highest BCUT2D eigenvalue weighted by atomic mass is 127. The van der Waals surface area contributed by atoms with E-state index in [4.69, 9.17) is 0 Å². The van der Waals surface area contributed by atoms with Gasteiger partial charge in [0.2, 0.25) is 0 Å². The molecule has 0 atom stereocenters. The predicted octanol–water partition coefficient (Wildman–Crippen LogP) is 4.02. The summed E-state index contributed by atoms with van der Waals surface area (Å²) in [5.41, 5.74) is 1.58. The lowest BCUT2D eigenvalue weighted by Gasteiger charge is -2.12. The molecule has 0 fully saturated rings. The Morgan fingerprint density at radius 2 is 1.59 bits per heavy atom. The average molecular weight is 521 g/mol. The summed E-state index contributed by atoms with van der Waals surface area (Å²) in [6, 6.07) is 12.1. The first-order chi connectivity index (χ1) is 13.3. The summed E-state index contributed by atoms with van der Waals surface area (Å²) in [7, 11) is 2.96. The molecule has 29 heavy (non-hydrogen) atoms. The van der Waals surface area contributed by atoms with E-state index in [0.29, 0.717) is 31.0 Å². The van der Waals surface area contributed by atoms with Crippen LogP contribution in [0.1, 0.15) is 27.0 Å². The number of aliphatic imine (C=N–C) groups is 1. The molecule has 2 N–H and O–H groups in total. The molecular formula is C20H23F3IN3O2. The number of hydrogen-bond acceptors (Lipinski definition) is 3. The van der Waals surface area contributed by atoms with Crippen LogP contribution in [0.3, 0.4) is 0 Å². The van der Waals surface area contributed by atoms with Gasteiger partial charge in [-0.1, -0.05) is 24.3 Å². The predicted molar refractivity (Wildman–Crippen MR) is 117 cm³/mol. The van der Waals surface area contributed by atoms with Gasteiger partial charge in [-0.25, -0.2) is 4.79 Å². The van der Waals surface area contributed by atoms with Gasteiger partial charge in [-0.3, -0.25) is 4.99 Å². The monoisotopic (exact) mass is 521 g/mol. The smallest absolute Gasteiger partial charge is 0.416 e. The molecule has 0 spiro atoms. The second-order valence-electron chi connectivity index (χ2n) is 5.99. The number of hydrogen-bond donors (Lipinski definition) is 2. The molecule has 0 heterocycles. The van der Waals surface area contributed by atoms with Crippen molar-refractivity contribution < 1.29 is 22.7 Å². The molecule has 0 amide bonds. The number of methoxy groups -OCH3 is 1. The fraction of sp³-hybridized carbons (Fsp3) is 0.300. The highest BCUT2D eigenvalue weighted by molar-refractivity contribution is 14.0. The van der Waals surface area contributed by atoms with Crippen LogP contribution in [0.15, 0.2) is 53.5 Å². The summed E-state index contributed by atoms with van der Waals surface area (Å²) in [5, 5.41) is 6.25. The number of benzene rings is 2. The number of guanidine groups is 1. The normalized spacial score (nSPS) is 11.4. The van der Waals surface area contributed by atoms with E-state index in [0.717, 1.165) is 23.3 Å². The van der Waals surface area contributed by atoms with Crippen molar-refractivity contribution in [3.05, 3.63) is 70.8 Å². The van der Waals surface area contributed by atoms with Gasteiger partial charge >= 0.3 is 12.1 Å². The zero-order chi connectivity index (χ0) is 20.6. The summed E-state index contributed by atoms with van der Waals surface area (Å²) in [6.07, 6.45) is -3.76. The Balaban J connectivity index is 0.00000420. The lowest BCUT2D eigenvalue weighted by atomic mass is 10.1. The van der Waals surface area contributed by atoms with Crippen LogP contribution in [0, 0.1) is 0 Å². The summed E-state index contributed by atoms with van der Waals surface area (Å²) in [4.78, 5) is 15.5. The number of esters is 1. The molecule has 0 saturated heterocycles. The van der Waals surface area contributed by atoms with Crippen molar-refractivity contribution in [2.45, 2.75) is 19.1 Å². The van der Waals surface area contributed by atoms with Gasteiger partial charge in [0.05, 0.1) is 18.2 Å². The van der Waals surface area contributed by atoms with Crippen LogP contribution in [0.25, 0.3) is 0 Å². The van der Waals surface area contributed by atoms with Gasteiger partial charge in [0.25, 0.3) is 0 Å². The zero-order valence-corrected chi connectivity index (χ0v) is 18.4. The van der Waals surface area contributed by atoms with E-state index in [2.05, 4.69) is 20.4 Å². The third-order valence-electron chi connectivity index (χ3n) is 4.05. The van der Waals surface area contributed by atoms with Gasteiger partial charge in [0.1, 0.15) is 0 Å². The first-order valence-corrected chi connectivity index (χ1v) is 8.61. The van der Waals surface area contributed by atoms with Crippen molar-refractivity contribution in [2.75, 3.05) is 20.7 Å². The third kappa shape index (κ3) is 7.92. The molecule has 0 saturated carbocycles. The Hall–Kier alpha value is -2.30. The van der Waals surface area contributed by atoms with Gasteiger partial charge < -0.3 is 15.4 Å². The molecule has 2 aromatic rings. The number of carbonyl (C=O) groups is 1. The third-order valence-corrected chi connectivity index (χ3v) is 4.05. The highest BCUT2D eigenvalue weighted by Gasteiger charge is 2.29. The molecule has 0 aliphatic rings. The van der Waals surface area contributed by atoms with Crippen molar-refractivity contribution in [3.63, 3.8) is 0 Å². The van der Waals surface area contributed by atoms with Crippen LogP contribution in [0.2, 0.25) is 0 Å². The topological polar surface area (TPSA) is 62.7 Å². The largest absolute Gasteiger partial charge is 0.465 e. The van der Waals surface area contributed by atoms with E-state index in [-0.39, 0.29) is 29.9 Å². The molecule has 0 unspecified atom stereocenters. The van der Waals surface area contributed by atoms with Gasteiger partial charge in [-0.15, -0.1) is 24.0 Å². The van der Waals surface area contributed by atoms with E-state index in [1.165, 1.54) is 19.2 Å². The summed E-state index contributed by atoms with van der Waals surface area (Å²) < 4.78 is 42.4. The van der Waals surface area contributed by atoms with Gasteiger partial charge in [-0.05, 0) is 41.8 Å². The molecule has 5 nitrogen and oxygen atoms in total. The van der Waals surface area contributed by atoms with E-state index in [1.807, 2.05) is 12.1 Å². The number of carbonyl (C=O) groups excluding carboxylic acids is 1. The zero-order valence-electron chi connectivity index (χ0n) is 16.0. The minimum Gasteiger partial charge on any atom is -0.465 e. The van der Waals surface area contributed by atoms with Gasteiger partial charge in [0, 0.05) is 20.1 Å². The molecule has 0 aliphatic carbocycles. The second-order valence-corrected chi connectivity index (χ2v) is 5.99. The molecule has 2 rings (SSSR count). The standard InChI is InChI=1S/C20H22F3N3O2.HI/c1-24-19(26-13-15-3-7-16(8-4-15)18(27)28-2)25-12-11-14-5-9-17(10-6-14)20(21,22)23;/h3-10H,11-13H2,1-2H3,(H2,24,25,26);1H. The Labute approximate surface area is 184 Å². The molecular weight excluding hydrogens is 498 g/mol. The Morgan fingerprint density at radius 1 is 1.00 bits per heavy atom. The van der Waals surface area contributed by atoms with E-state index in [9.17, 15) is 18.0 Å². The van der Waals surface area contributed by atoms with Gasteiger partial charge in [0.15, 0.2) is 5.96 Å². The summed E-state index contributed by atoms with van der Waals surface area (Å²) in [5.74, 6) is 0.184. The SMILES string of the molecule is CN=C(NCCc1ccc(C(F)(F)F)cc1)NCc1ccc(C(=O)OC)cc1.I. The molecule has 0 aliphatic heterocycles. The van der Waals surface area contributed by atoms with Crippen LogP contribution in [-0.4, -0.2) is 32.6 Å². The number of nitrogens with zero attached hydrogens (tertiary/aromatic N) is 1. The van der Waals surface area contributed by atoms with E-state index >= 15 is 0 Å². The Kier molecular flexibility index (Phi) is 9.93. The highest BCUT2D eigenvalue weighted by Crippen LogP contribution is 2.29. The first-order valence-electron chi connectivity index (χ1n) is 8.61. The van der Waals surface area contributed by atoms with E-state index < -0.39 is 11.7 Å². The van der Waals surface area contributed by atoms with Crippen molar-refractivity contribution >= 4 is 35.9 Å². The quantitative estimate of drug-likeness (QED) is 0.261. The molecule has 0 radical (unpaired) electrons. The fourth-order valence-electron chi connectivity index (χ4n) is 2.47. The first kappa shape index (κ1) is 24.7. The number of nitrogens with one attached hydrogen (secondary N) is 2. The Morgan fingerprint density at radius 3 is 2.10 bits per heavy atom. The number of alkyl halides is 3. The molecule has 158 valence electrons. The number of ether oxygens (including phenoxy) is 1. The van der Waals surface area contributed by atoms with Crippen LogP contribution in [0.5, 0.6) is 0 Å². The lowest BCUT2D eigenvalue weighted by Crippen LogP contribution is -2.37. The average Bonchev–Trinajstić information content (AvgIpc) is 2.70. The maximum absolute atomic E-state index is 12.6. The fourth-order valence-corrected chi connectivity index (χ4v) is 2.47. The maximum atomic E-state index is 12.6. The van der Waals surface area contributed by atoms with Crippen molar-refractivity contribution in [2.24, 2.45) is 4.99 Å². The van der Waals surface area contributed by atoms with Crippen molar-refractivity contribution in [1.29, 1.82) is 0 Å². The van der Waals surface area contributed by atoms with Crippen LogP contribution >= 0.6 is 24.0 Å². The maximum Gasteiger partial charge on any atom is 0.416 e. The minimum absolute atomic E-state index is 0. The minimum atomic E-state index is -4.32. The molecule has 2 aromatic carbocycles. The van der Waals surface area contributed by atoms with Crippen LogP contribution in [-0.2, 0) is 23.9 Å². The van der Waals surface area contributed by atoms with Gasteiger partial charge in [-0.2, -0.15) is 13.2 Å². The molecule has 0 bridgehead atoms. The number of halogens is 4. The van der Waals surface area contributed by atoms with E-state index in [1.54, 1.807) is 19.2 Å². The lowest BCUT2D eigenvalue weighted by molar-refractivity contribution is -0.137.